The van der Waals surface area contributed by atoms with Crippen molar-refractivity contribution in [3.05, 3.63) is 58.3 Å². The minimum Gasteiger partial charge on any atom is -0.368 e. The topological polar surface area (TPSA) is 50.7 Å². The molecule has 1 aromatic carbocycles. The number of aromatic nitrogens is 3. The Labute approximate surface area is 144 Å². The number of hydrogen-bond donors (Lipinski definition) is 1. The molecule has 0 fully saturated rings. The van der Waals surface area contributed by atoms with E-state index >= 15 is 0 Å². The van der Waals surface area contributed by atoms with Crippen molar-refractivity contribution in [2.24, 2.45) is 0 Å². The van der Waals surface area contributed by atoms with Gasteiger partial charge in [-0.3, -0.25) is 0 Å². The van der Waals surface area contributed by atoms with Crippen molar-refractivity contribution < 1.29 is 17.6 Å². The van der Waals surface area contributed by atoms with Gasteiger partial charge in [-0.05, 0) is 30.3 Å². The van der Waals surface area contributed by atoms with E-state index in [0.29, 0.717) is 18.4 Å². The van der Waals surface area contributed by atoms with E-state index in [1.54, 1.807) is 11.6 Å². The van der Waals surface area contributed by atoms with Crippen molar-refractivity contribution in [1.29, 1.82) is 0 Å². The lowest BCUT2D eigenvalue weighted by molar-refractivity contribution is -0.137. The molecule has 2 heterocycles. The second-order valence-corrected chi connectivity index (χ2v) is 5.87. The Morgan fingerprint density at radius 2 is 1.92 bits per heavy atom. The molecule has 4 nitrogen and oxygen atoms in total. The Hall–Kier alpha value is -2.55. The molecule has 0 saturated heterocycles. The summed E-state index contributed by atoms with van der Waals surface area (Å²) in [5, 5.41) is 12.8. The predicted octanol–water partition coefficient (Wildman–Crippen LogP) is 4.41. The van der Waals surface area contributed by atoms with Crippen LogP contribution in [0.5, 0.6) is 0 Å². The maximum atomic E-state index is 13.9. The first kappa shape index (κ1) is 17.3. The molecule has 2 aromatic heterocycles. The summed E-state index contributed by atoms with van der Waals surface area (Å²) in [5.41, 5.74) is 1.81. The van der Waals surface area contributed by atoms with E-state index in [-0.39, 0.29) is 11.3 Å². The van der Waals surface area contributed by atoms with Gasteiger partial charge in [0, 0.05) is 23.9 Å². The van der Waals surface area contributed by atoms with Crippen molar-refractivity contribution >= 4 is 17.2 Å². The number of hydrogen-bond acceptors (Lipinski definition) is 5. The fraction of sp³-hybridized carbons (Fsp3) is 0.188. The first-order chi connectivity index (χ1) is 11.9. The maximum Gasteiger partial charge on any atom is 0.416 e. The molecule has 3 rings (SSSR count). The van der Waals surface area contributed by atoms with Gasteiger partial charge in [-0.15, -0.1) is 21.5 Å². The molecule has 0 aliphatic heterocycles. The van der Waals surface area contributed by atoms with Crippen LogP contribution in [0.2, 0.25) is 0 Å². The molecule has 130 valence electrons. The van der Waals surface area contributed by atoms with Crippen molar-refractivity contribution in [3.63, 3.8) is 0 Å². The molecule has 0 aliphatic rings. The molecule has 0 amide bonds. The van der Waals surface area contributed by atoms with Crippen LogP contribution in [-0.2, 0) is 12.6 Å². The zero-order chi connectivity index (χ0) is 17.9. The van der Waals surface area contributed by atoms with Gasteiger partial charge in [-0.1, -0.05) is 0 Å². The number of rotatable bonds is 5. The Morgan fingerprint density at radius 1 is 1.08 bits per heavy atom. The van der Waals surface area contributed by atoms with Gasteiger partial charge < -0.3 is 5.32 Å². The highest BCUT2D eigenvalue weighted by Gasteiger charge is 2.31. The van der Waals surface area contributed by atoms with Gasteiger partial charge >= 0.3 is 6.18 Å². The van der Waals surface area contributed by atoms with E-state index in [0.717, 1.165) is 24.2 Å². The second kappa shape index (κ2) is 7.14. The third-order valence-corrected chi connectivity index (χ3v) is 4.04. The molecule has 25 heavy (non-hydrogen) atoms. The molecule has 0 spiro atoms. The van der Waals surface area contributed by atoms with Gasteiger partial charge in [0.2, 0.25) is 0 Å². The standard InChI is InChI=1S/C16H12F4N4S/c17-13-7-10(16(18,19)20)1-2-12(13)14-3-4-15(24-23-14)21-6-5-11-8-25-9-22-11/h1-4,7-9H,5-6H2,(H,21,24). The molecule has 0 radical (unpaired) electrons. The molecule has 0 aliphatic carbocycles. The smallest absolute Gasteiger partial charge is 0.368 e. The number of halogens is 4. The summed E-state index contributed by atoms with van der Waals surface area (Å²) in [5.74, 6) is -0.500. The summed E-state index contributed by atoms with van der Waals surface area (Å²) in [6, 6.07) is 5.43. The Bertz CT molecular complexity index is 832. The van der Waals surface area contributed by atoms with Crippen molar-refractivity contribution in [2.45, 2.75) is 12.6 Å². The quantitative estimate of drug-likeness (QED) is 0.678. The van der Waals surface area contributed by atoms with E-state index in [1.807, 2.05) is 5.38 Å². The molecule has 3 aromatic rings. The zero-order valence-corrected chi connectivity index (χ0v) is 13.5. The Morgan fingerprint density at radius 3 is 2.52 bits per heavy atom. The van der Waals surface area contributed by atoms with Crippen LogP contribution in [0.1, 0.15) is 11.3 Å². The highest BCUT2D eigenvalue weighted by molar-refractivity contribution is 7.07. The van der Waals surface area contributed by atoms with E-state index in [1.165, 1.54) is 17.4 Å². The van der Waals surface area contributed by atoms with Crippen LogP contribution < -0.4 is 5.32 Å². The SMILES string of the molecule is Fc1cc(C(F)(F)F)ccc1-c1ccc(NCCc2cscn2)nn1. The van der Waals surface area contributed by atoms with Gasteiger partial charge in [0.15, 0.2) is 0 Å². The third kappa shape index (κ3) is 4.30. The summed E-state index contributed by atoms with van der Waals surface area (Å²) in [6.45, 7) is 0.604. The first-order valence-corrected chi connectivity index (χ1v) is 8.19. The third-order valence-electron chi connectivity index (χ3n) is 3.41. The first-order valence-electron chi connectivity index (χ1n) is 7.25. The highest BCUT2D eigenvalue weighted by Crippen LogP contribution is 2.32. The highest BCUT2D eigenvalue weighted by atomic mass is 32.1. The van der Waals surface area contributed by atoms with Crippen LogP contribution in [0.4, 0.5) is 23.4 Å². The molecular formula is C16H12F4N4S. The largest absolute Gasteiger partial charge is 0.416 e. The number of nitrogens with one attached hydrogen (secondary N) is 1. The molecule has 0 unspecified atom stereocenters. The van der Waals surface area contributed by atoms with Crippen LogP contribution in [0, 0.1) is 5.82 Å². The molecule has 0 atom stereocenters. The van der Waals surface area contributed by atoms with E-state index in [4.69, 9.17) is 0 Å². The lowest BCUT2D eigenvalue weighted by Gasteiger charge is -2.09. The summed E-state index contributed by atoms with van der Waals surface area (Å²) < 4.78 is 51.6. The van der Waals surface area contributed by atoms with Crippen LogP contribution in [0.15, 0.2) is 41.2 Å². The van der Waals surface area contributed by atoms with Crippen LogP contribution >= 0.6 is 11.3 Å². The average Bonchev–Trinajstić information content (AvgIpc) is 3.08. The van der Waals surface area contributed by atoms with Gasteiger partial charge in [0.1, 0.15) is 11.6 Å². The number of nitrogens with zero attached hydrogens (tertiary/aromatic N) is 3. The Kier molecular flexibility index (Phi) is 4.93. The maximum absolute atomic E-state index is 13.9. The zero-order valence-electron chi connectivity index (χ0n) is 12.7. The van der Waals surface area contributed by atoms with Crippen molar-refractivity contribution in [3.8, 4) is 11.3 Å². The van der Waals surface area contributed by atoms with E-state index in [9.17, 15) is 17.6 Å². The van der Waals surface area contributed by atoms with E-state index < -0.39 is 17.6 Å². The van der Waals surface area contributed by atoms with Crippen molar-refractivity contribution in [1.82, 2.24) is 15.2 Å². The lowest BCUT2D eigenvalue weighted by Crippen LogP contribution is -2.07. The number of benzene rings is 1. The predicted molar refractivity (Wildman–Crippen MR) is 86.7 cm³/mol. The Balaban J connectivity index is 1.67. The van der Waals surface area contributed by atoms with Gasteiger partial charge in [0.05, 0.1) is 22.5 Å². The van der Waals surface area contributed by atoms with Crippen molar-refractivity contribution in [2.75, 3.05) is 11.9 Å². The lowest BCUT2D eigenvalue weighted by atomic mass is 10.1. The molecule has 0 saturated carbocycles. The van der Waals surface area contributed by atoms with E-state index in [2.05, 4.69) is 20.5 Å². The van der Waals surface area contributed by atoms with Gasteiger partial charge in [-0.2, -0.15) is 13.2 Å². The summed E-state index contributed by atoms with van der Waals surface area (Å²) in [7, 11) is 0. The molecular weight excluding hydrogens is 356 g/mol. The fourth-order valence-corrected chi connectivity index (χ4v) is 2.74. The molecule has 1 N–H and O–H groups in total. The summed E-state index contributed by atoms with van der Waals surface area (Å²) in [4.78, 5) is 4.16. The monoisotopic (exact) mass is 368 g/mol. The number of alkyl halides is 3. The van der Waals surface area contributed by atoms with Crippen LogP contribution in [-0.4, -0.2) is 21.7 Å². The number of thiazole rings is 1. The van der Waals surface area contributed by atoms with Crippen LogP contribution in [0.25, 0.3) is 11.3 Å². The normalized spacial score (nSPS) is 11.5. The minimum atomic E-state index is -4.59. The summed E-state index contributed by atoms with van der Waals surface area (Å²) in [6.07, 6.45) is -3.86. The fourth-order valence-electron chi connectivity index (χ4n) is 2.15. The summed E-state index contributed by atoms with van der Waals surface area (Å²) >= 11 is 1.52. The number of anilines is 1. The second-order valence-electron chi connectivity index (χ2n) is 5.15. The van der Waals surface area contributed by atoms with Gasteiger partial charge in [0.25, 0.3) is 0 Å². The average molecular weight is 368 g/mol. The molecule has 0 bridgehead atoms. The van der Waals surface area contributed by atoms with Gasteiger partial charge in [-0.25, -0.2) is 9.37 Å². The minimum absolute atomic E-state index is 0.0328. The van der Waals surface area contributed by atoms with Crippen LogP contribution in [0.3, 0.4) is 0 Å². The molecule has 9 heteroatoms.